The number of nitrogens with one attached hydrogen (secondary N) is 2. The van der Waals surface area contributed by atoms with Crippen LogP contribution in [0, 0.1) is 5.92 Å². The maximum Gasteiger partial charge on any atom is 0.407 e. The molecule has 8 heteroatoms. The molecule has 8 nitrogen and oxygen atoms in total. The SMILES string of the molecule is CC(NC(=O)C(CN(C)Cc1ccccc1)NC(=O)OCC1c2ccccc2-c2ccccc21)C(C)C(=O)O. The number of amides is 2. The Morgan fingerprint density at radius 3 is 2.03 bits per heavy atom. The lowest BCUT2D eigenvalue weighted by Gasteiger charge is -2.27. The average Bonchev–Trinajstić information content (AvgIpc) is 3.25. The summed E-state index contributed by atoms with van der Waals surface area (Å²) in [6, 6.07) is 24.4. The Bertz CT molecular complexity index is 1270. The second-order valence-electron chi connectivity index (χ2n) is 10.1. The van der Waals surface area contributed by atoms with Crippen LogP contribution in [0.4, 0.5) is 4.79 Å². The molecule has 0 spiro atoms. The van der Waals surface area contributed by atoms with Gasteiger partial charge < -0.3 is 20.5 Å². The third-order valence-electron chi connectivity index (χ3n) is 7.25. The number of likely N-dealkylation sites (N-methyl/N-ethyl adjacent to an activating group) is 1. The summed E-state index contributed by atoms with van der Waals surface area (Å²) in [5.74, 6) is -2.37. The molecule has 4 rings (SSSR count). The summed E-state index contributed by atoms with van der Waals surface area (Å²) in [6.07, 6.45) is -0.705. The van der Waals surface area contributed by atoms with Crippen molar-refractivity contribution in [3.63, 3.8) is 0 Å². The van der Waals surface area contributed by atoms with Crippen LogP contribution in [-0.2, 0) is 20.9 Å². The van der Waals surface area contributed by atoms with Crippen molar-refractivity contribution >= 4 is 18.0 Å². The molecule has 1 aliphatic carbocycles. The van der Waals surface area contributed by atoms with E-state index in [0.717, 1.165) is 27.8 Å². The average molecular weight is 530 g/mol. The molecule has 3 N–H and O–H groups in total. The summed E-state index contributed by atoms with van der Waals surface area (Å²) in [5.41, 5.74) is 5.51. The van der Waals surface area contributed by atoms with Crippen molar-refractivity contribution in [2.24, 2.45) is 5.92 Å². The van der Waals surface area contributed by atoms with Gasteiger partial charge >= 0.3 is 12.1 Å². The molecule has 1 aliphatic rings. The molecule has 2 amide bonds. The van der Waals surface area contributed by atoms with Crippen molar-refractivity contribution in [3.05, 3.63) is 95.6 Å². The number of carbonyl (C=O) groups excluding carboxylic acids is 2. The lowest BCUT2D eigenvalue weighted by atomic mass is 9.98. The van der Waals surface area contributed by atoms with Crippen LogP contribution in [0.3, 0.4) is 0 Å². The summed E-state index contributed by atoms with van der Waals surface area (Å²) in [6.45, 7) is 4.06. The fraction of sp³-hybridized carbons (Fsp3) is 0.323. The maximum absolute atomic E-state index is 13.2. The first-order chi connectivity index (χ1) is 18.7. The molecule has 0 saturated heterocycles. The van der Waals surface area contributed by atoms with E-state index in [-0.39, 0.29) is 19.1 Å². The van der Waals surface area contributed by atoms with E-state index in [1.54, 1.807) is 6.92 Å². The number of benzene rings is 3. The van der Waals surface area contributed by atoms with Crippen LogP contribution in [0.25, 0.3) is 11.1 Å². The van der Waals surface area contributed by atoms with Crippen molar-refractivity contribution in [2.45, 2.75) is 38.4 Å². The minimum Gasteiger partial charge on any atom is -0.481 e. The lowest BCUT2D eigenvalue weighted by Crippen LogP contribution is -2.55. The first-order valence-electron chi connectivity index (χ1n) is 13.1. The van der Waals surface area contributed by atoms with Crippen LogP contribution in [0.15, 0.2) is 78.9 Å². The van der Waals surface area contributed by atoms with E-state index in [0.29, 0.717) is 6.54 Å². The van der Waals surface area contributed by atoms with Gasteiger partial charge in [-0.2, -0.15) is 0 Å². The van der Waals surface area contributed by atoms with E-state index in [1.165, 1.54) is 6.92 Å². The lowest BCUT2D eigenvalue weighted by molar-refractivity contribution is -0.142. The molecule has 39 heavy (non-hydrogen) atoms. The molecule has 0 radical (unpaired) electrons. The summed E-state index contributed by atoms with van der Waals surface area (Å²) < 4.78 is 5.67. The van der Waals surface area contributed by atoms with E-state index in [4.69, 9.17) is 4.74 Å². The number of hydrogen-bond donors (Lipinski definition) is 3. The predicted molar refractivity (Wildman–Crippen MR) is 149 cm³/mol. The maximum atomic E-state index is 13.2. The zero-order chi connectivity index (χ0) is 27.9. The monoisotopic (exact) mass is 529 g/mol. The fourth-order valence-electron chi connectivity index (χ4n) is 4.91. The molecule has 3 aromatic carbocycles. The molecular weight excluding hydrogens is 494 g/mol. The third-order valence-corrected chi connectivity index (χ3v) is 7.25. The minimum atomic E-state index is -1.01. The van der Waals surface area contributed by atoms with E-state index >= 15 is 0 Å². The van der Waals surface area contributed by atoms with Crippen molar-refractivity contribution in [1.29, 1.82) is 0 Å². The highest BCUT2D eigenvalue weighted by Crippen LogP contribution is 2.44. The van der Waals surface area contributed by atoms with E-state index in [2.05, 4.69) is 22.8 Å². The van der Waals surface area contributed by atoms with E-state index in [1.807, 2.05) is 78.7 Å². The molecule has 0 aliphatic heterocycles. The highest BCUT2D eigenvalue weighted by atomic mass is 16.5. The van der Waals surface area contributed by atoms with Crippen LogP contribution in [0.1, 0.15) is 36.5 Å². The zero-order valence-electron chi connectivity index (χ0n) is 22.5. The van der Waals surface area contributed by atoms with Gasteiger partial charge in [-0.15, -0.1) is 0 Å². The largest absolute Gasteiger partial charge is 0.481 e. The summed E-state index contributed by atoms with van der Waals surface area (Å²) in [4.78, 5) is 39.5. The van der Waals surface area contributed by atoms with Gasteiger partial charge in [0.05, 0.1) is 5.92 Å². The topological polar surface area (TPSA) is 108 Å². The van der Waals surface area contributed by atoms with Gasteiger partial charge in [0.2, 0.25) is 5.91 Å². The molecule has 0 bridgehead atoms. The first kappa shape index (κ1) is 27.9. The number of ether oxygens (including phenoxy) is 1. The number of carbonyl (C=O) groups is 3. The standard InChI is InChI=1S/C31H35N3O5/c1-20(30(36)37)21(2)32-29(35)28(18-34(3)17-22-11-5-4-6-12-22)33-31(38)39-19-27-25-15-9-7-13-23(25)24-14-8-10-16-26(24)27/h4-16,20-21,27-28H,17-19H2,1-3H3,(H,32,35)(H,33,38)(H,36,37). The van der Waals surface area contributed by atoms with Gasteiger partial charge in [0.25, 0.3) is 0 Å². The number of fused-ring (bicyclic) bond motifs is 3. The molecule has 3 unspecified atom stereocenters. The van der Waals surface area contributed by atoms with Gasteiger partial charge in [0.1, 0.15) is 12.6 Å². The Morgan fingerprint density at radius 2 is 1.44 bits per heavy atom. The molecule has 0 fully saturated rings. The Labute approximate surface area is 229 Å². The first-order valence-corrected chi connectivity index (χ1v) is 13.1. The van der Waals surface area contributed by atoms with Crippen LogP contribution in [0.5, 0.6) is 0 Å². The van der Waals surface area contributed by atoms with Gasteiger partial charge in [0, 0.05) is 25.0 Å². The number of rotatable bonds is 11. The zero-order valence-corrected chi connectivity index (χ0v) is 22.5. The molecule has 204 valence electrons. The quantitative estimate of drug-likeness (QED) is 0.343. The number of hydrogen-bond acceptors (Lipinski definition) is 5. The number of carboxylic acid groups (broad SMARTS) is 1. The summed E-state index contributed by atoms with van der Waals surface area (Å²) >= 11 is 0. The van der Waals surface area contributed by atoms with Gasteiger partial charge in [-0.05, 0) is 48.7 Å². The van der Waals surface area contributed by atoms with Gasteiger partial charge in [0.15, 0.2) is 0 Å². The smallest absolute Gasteiger partial charge is 0.407 e. The van der Waals surface area contributed by atoms with Crippen LogP contribution in [0.2, 0.25) is 0 Å². The van der Waals surface area contributed by atoms with Gasteiger partial charge in [-0.1, -0.05) is 78.9 Å². The van der Waals surface area contributed by atoms with Crippen molar-refractivity contribution in [1.82, 2.24) is 15.5 Å². The van der Waals surface area contributed by atoms with Gasteiger partial charge in [-0.25, -0.2) is 4.79 Å². The van der Waals surface area contributed by atoms with Crippen molar-refractivity contribution in [2.75, 3.05) is 20.2 Å². The third kappa shape index (κ3) is 6.83. The predicted octanol–water partition coefficient (Wildman–Crippen LogP) is 4.25. The summed E-state index contributed by atoms with van der Waals surface area (Å²) in [5, 5.41) is 14.8. The van der Waals surface area contributed by atoms with Crippen LogP contribution >= 0.6 is 0 Å². The molecule has 0 heterocycles. The number of nitrogens with zero attached hydrogens (tertiary/aromatic N) is 1. The van der Waals surface area contributed by atoms with Crippen molar-refractivity contribution in [3.8, 4) is 11.1 Å². The molecule has 3 atom stereocenters. The van der Waals surface area contributed by atoms with Crippen molar-refractivity contribution < 1.29 is 24.2 Å². The number of carboxylic acids is 1. The Balaban J connectivity index is 1.44. The molecule has 0 aromatic heterocycles. The van der Waals surface area contributed by atoms with Crippen LogP contribution < -0.4 is 10.6 Å². The molecule has 3 aromatic rings. The molecule has 0 saturated carbocycles. The van der Waals surface area contributed by atoms with E-state index < -0.39 is 36.0 Å². The number of alkyl carbamates (subject to hydrolysis) is 1. The highest BCUT2D eigenvalue weighted by molar-refractivity contribution is 5.86. The minimum absolute atomic E-state index is 0.104. The summed E-state index contributed by atoms with van der Waals surface area (Å²) in [7, 11) is 1.86. The second kappa shape index (κ2) is 12.6. The molecular formula is C31H35N3O5. The van der Waals surface area contributed by atoms with Crippen LogP contribution in [-0.4, -0.2) is 60.3 Å². The Hall–Kier alpha value is -4.17. The second-order valence-corrected chi connectivity index (χ2v) is 10.1. The highest BCUT2D eigenvalue weighted by Gasteiger charge is 2.31. The Morgan fingerprint density at radius 1 is 0.872 bits per heavy atom. The van der Waals surface area contributed by atoms with Gasteiger partial charge in [-0.3, -0.25) is 14.5 Å². The Kier molecular flexibility index (Phi) is 8.99. The normalized spacial score (nSPS) is 14.6. The fourth-order valence-corrected chi connectivity index (χ4v) is 4.91. The number of aliphatic carboxylic acids is 1. The van der Waals surface area contributed by atoms with E-state index in [9.17, 15) is 19.5 Å².